The third kappa shape index (κ3) is 3.95. The number of nitrogens with two attached hydrogens (primary N) is 1. The van der Waals surface area contributed by atoms with Crippen LogP contribution in [0.15, 0.2) is 59.6 Å². The topological polar surface area (TPSA) is 81.0 Å². The normalized spacial score (nSPS) is 10.4. The lowest BCUT2D eigenvalue weighted by atomic mass is 10.2. The number of halogens is 1. The van der Waals surface area contributed by atoms with Crippen LogP contribution in [0, 0.1) is 11.3 Å². The molecule has 136 valence electrons. The van der Waals surface area contributed by atoms with Gasteiger partial charge in [-0.15, -0.1) is 11.8 Å². The van der Waals surface area contributed by atoms with Crippen LogP contribution in [0.25, 0.3) is 5.69 Å². The Labute approximate surface area is 166 Å². The van der Waals surface area contributed by atoms with Crippen LogP contribution in [0.2, 0.25) is 5.02 Å². The number of anilines is 1. The number of rotatable bonds is 5. The summed E-state index contributed by atoms with van der Waals surface area (Å²) >= 11 is 7.55. The second-order valence-electron chi connectivity index (χ2n) is 5.66. The number of aromatic nitrogens is 1. The Morgan fingerprint density at radius 2 is 1.96 bits per heavy atom. The Morgan fingerprint density at radius 1 is 1.26 bits per heavy atom. The van der Waals surface area contributed by atoms with E-state index in [9.17, 15) is 10.1 Å². The van der Waals surface area contributed by atoms with Crippen molar-refractivity contribution in [2.45, 2.75) is 10.6 Å². The zero-order valence-electron chi connectivity index (χ0n) is 14.5. The van der Waals surface area contributed by atoms with Gasteiger partial charge in [-0.2, -0.15) is 5.26 Å². The van der Waals surface area contributed by atoms with Gasteiger partial charge in [-0.25, -0.2) is 4.79 Å². The highest BCUT2D eigenvalue weighted by atomic mass is 35.5. The Kier molecular flexibility index (Phi) is 5.75. The highest BCUT2D eigenvalue weighted by molar-refractivity contribution is 7.98. The second kappa shape index (κ2) is 8.21. The van der Waals surface area contributed by atoms with Crippen LogP contribution < -0.4 is 5.73 Å². The van der Waals surface area contributed by atoms with Gasteiger partial charge in [-0.3, -0.25) is 0 Å². The number of esters is 1. The fourth-order valence-electron chi connectivity index (χ4n) is 2.62. The van der Waals surface area contributed by atoms with Gasteiger partial charge in [0.1, 0.15) is 6.07 Å². The highest BCUT2D eigenvalue weighted by Crippen LogP contribution is 2.32. The lowest BCUT2D eigenvalue weighted by molar-refractivity contribution is 0.0593. The molecule has 0 bridgehead atoms. The van der Waals surface area contributed by atoms with Crippen LogP contribution >= 0.6 is 23.4 Å². The molecule has 0 aliphatic heterocycles. The average Bonchev–Trinajstić information content (AvgIpc) is 3.03. The summed E-state index contributed by atoms with van der Waals surface area (Å²) in [5.41, 5.74) is 8.36. The van der Waals surface area contributed by atoms with Gasteiger partial charge >= 0.3 is 5.97 Å². The molecule has 2 N–H and O–H groups in total. The van der Waals surface area contributed by atoms with Crippen LogP contribution in [-0.4, -0.2) is 17.6 Å². The maximum Gasteiger partial charge on any atom is 0.357 e. The summed E-state index contributed by atoms with van der Waals surface area (Å²) in [4.78, 5) is 13.2. The number of nitrogen functional groups attached to an aromatic ring is 1. The van der Waals surface area contributed by atoms with E-state index in [1.165, 1.54) is 7.11 Å². The SMILES string of the molecule is COC(=O)c1c(N)c(C#N)cn1-c1ccccc1SCc1ccc(Cl)cc1. The monoisotopic (exact) mass is 397 g/mol. The van der Waals surface area contributed by atoms with Crippen molar-refractivity contribution in [2.75, 3.05) is 12.8 Å². The van der Waals surface area contributed by atoms with E-state index in [-0.39, 0.29) is 16.9 Å². The van der Waals surface area contributed by atoms with Crippen molar-refractivity contribution in [1.29, 1.82) is 5.26 Å². The smallest absolute Gasteiger partial charge is 0.357 e. The molecular weight excluding hydrogens is 382 g/mol. The molecular formula is C20H16ClN3O2S. The number of benzene rings is 2. The fraction of sp³-hybridized carbons (Fsp3) is 0.100. The standard InChI is InChI=1S/C20H16ClN3O2S/c1-26-20(25)19-18(23)14(10-22)11-24(19)16-4-2-3-5-17(16)27-12-13-6-8-15(21)9-7-13/h2-9,11H,12,23H2,1H3. The number of hydrogen-bond acceptors (Lipinski definition) is 5. The van der Waals surface area contributed by atoms with Crippen molar-refractivity contribution in [3.8, 4) is 11.8 Å². The van der Waals surface area contributed by atoms with Crippen molar-refractivity contribution >= 4 is 35.0 Å². The van der Waals surface area contributed by atoms with Crippen LogP contribution in [0.3, 0.4) is 0 Å². The molecule has 0 saturated heterocycles. The minimum atomic E-state index is -0.591. The van der Waals surface area contributed by atoms with E-state index in [4.69, 9.17) is 22.1 Å². The predicted octanol–water partition coefficient (Wildman–Crippen LogP) is 4.66. The van der Waals surface area contributed by atoms with Gasteiger partial charge in [-0.05, 0) is 29.8 Å². The van der Waals surface area contributed by atoms with Gasteiger partial charge in [0, 0.05) is 21.9 Å². The Balaban J connectivity index is 2.00. The Hall–Kier alpha value is -2.88. The molecule has 2 aromatic carbocycles. The third-order valence-corrected chi connectivity index (χ3v) is 5.36. The number of methoxy groups -OCH3 is 1. The number of carbonyl (C=O) groups is 1. The average molecular weight is 398 g/mol. The molecule has 0 unspecified atom stereocenters. The summed E-state index contributed by atoms with van der Waals surface area (Å²) < 4.78 is 6.46. The lowest BCUT2D eigenvalue weighted by Crippen LogP contribution is -2.11. The molecule has 7 heteroatoms. The molecule has 0 aliphatic carbocycles. The number of thioether (sulfide) groups is 1. The molecule has 3 rings (SSSR count). The summed E-state index contributed by atoms with van der Waals surface area (Å²) in [5.74, 6) is 0.135. The molecule has 3 aromatic rings. The number of nitrogens with zero attached hydrogens (tertiary/aromatic N) is 2. The van der Waals surface area contributed by atoms with Crippen molar-refractivity contribution in [2.24, 2.45) is 0 Å². The summed E-state index contributed by atoms with van der Waals surface area (Å²) in [5, 5.41) is 9.98. The molecule has 0 radical (unpaired) electrons. The molecule has 27 heavy (non-hydrogen) atoms. The summed E-state index contributed by atoms with van der Waals surface area (Å²) in [6, 6.07) is 17.3. The molecule has 0 atom stereocenters. The van der Waals surface area contributed by atoms with Crippen molar-refractivity contribution in [3.05, 3.63) is 76.6 Å². The largest absolute Gasteiger partial charge is 0.464 e. The first kappa shape index (κ1) is 18.9. The minimum absolute atomic E-state index is 0.113. The quantitative estimate of drug-likeness (QED) is 0.500. The Morgan fingerprint density at radius 3 is 2.63 bits per heavy atom. The third-order valence-electron chi connectivity index (χ3n) is 3.98. The molecule has 0 spiro atoms. The van der Waals surface area contributed by atoms with Gasteiger partial charge < -0.3 is 15.0 Å². The molecule has 0 saturated carbocycles. The first-order valence-corrected chi connectivity index (χ1v) is 9.37. The zero-order chi connectivity index (χ0) is 19.4. The van der Waals surface area contributed by atoms with Gasteiger partial charge in [0.25, 0.3) is 0 Å². The van der Waals surface area contributed by atoms with Gasteiger partial charge in [-0.1, -0.05) is 35.9 Å². The molecule has 0 amide bonds. The minimum Gasteiger partial charge on any atom is -0.464 e. The fourth-order valence-corrected chi connectivity index (χ4v) is 3.75. The van der Waals surface area contributed by atoms with Crippen molar-refractivity contribution in [3.63, 3.8) is 0 Å². The van der Waals surface area contributed by atoms with E-state index in [0.29, 0.717) is 5.02 Å². The second-order valence-corrected chi connectivity index (χ2v) is 7.11. The number of ether oxygens (including phenoxy) is 1. The van der Waals surface area contributed by atoms with Crippen molar-refractivity contribution < 1.29 is 9.53 Å². The van der Waals surface area contributed by atoms with E-state index in [2.05, 4.69) is 0 Å². The Bertz CT molecular complexity index is 1020. The van der Waals surface area contributed by atoms with E-state index < -0.39 is 5.97 Å². The number of para-hydroxylation sites is 1. The predicted molar refractivity (Wildman–Crippen MR) is 107 cm³/mol. The van der Waals surface area contributed by atoms with Gasteiger partial charge in [0.2, 0.25) is 0 Å². The van der Waals surface area contributed by atoms with E-state index >= 15 is 0 Å². The van der Waals surface area contributed by atoms with Crippen LogP contribution in [-0.2, 0) is 10.5 Å². The summed E-state index contributed by atoms with van der Waals surface area (Å²) in [6.07, 6.45) is 1.56. The van der Waals surface area contributed by atoms with Gasteiger partial charge in [0.15, 0.2) is 5.69 Å². The molecule has 5 nitrogen and oxygen atoms in total. The maximum absolute atomic E-state index is 12.2. The first-order chi connectivity index (χ1) is 13.0. The molecule has 0 fully saturated rings. The molecule has 0 aliphatic rings. The molecule has 1 aromatic heterocycles. The zero-order valence-corrected chi connectivity index (χ0v) is 16.1. The number of nitriles is 1. The number of hydrogen-bond donors (Lipinski definition) is 1. The van der Waals surface area contributed by atoms with E-state index in [0.717, 1.165) is 21.9 Å². The summed E-state index contributed by atoms with van der Waals surface area (Å²) in [7, 11) is 1.28. The van der Waals surface area contributed by atoms with Crippen LogP contribution in [0.1, 0.15) is 21.6 Å². The summed E-state index contributed by atoms with van der Waals surface area (Å²) in [6.45, 7) is 0. The highest BCUT2D eigenvalue weighted by Gasteiger charge is 2.22. The van der Waals surface area contributed by atoms with E-state index in [1.807, 2.05) is 54.6 Å². The van der Waals surface area contributed by atoms with Gasteiger partial charge in [0.05, 0.1) is 24.0 Å². The maximum atomic E-state index is 12.2. The first-order valence-electron chi connectivity index (χ1n) is 8.01. The van der Waals surface area contributed by atoms with Crippen LogP contribution in [0.4, 0.5) is 5.69 Å². The lowest BCUT2D eigenvalue weighted by Gasteiger charge is -2.13. The number of carbonyl (C=O) groups excluding carboxylic acids is 1. The van der Waals surface area contributed by atoms with Crippen molar-refractivity contribution in [1.82, 2.24) is 4.57 Å². The van der Waals surface area contributed by atoms with E-state index in [1.54, 1.807) is 22.5 Å². The van der Waals surface area contributed by atoms with Crippen LogP contribution in [0.5, 0.6) is 0 Å². The molecule has 1 heterocycles.